The number of hydrogen-bond donors (Lipinski definition) is 0. The molecule has 8 nitrogen and oxygen atoms in total. The third kappa shape index (κ3) is 4.88. The van der Waals surface area contributed by atoms with E-state index in [0.717, 1.165) is 22.1 Å². The van der Waals surface area contributed by atoms with E-state index in [1.165, 1.54) is 16.5 Å². The van der Waals surface area contributed by atoms with Crippen LogP contribution in [0.4, 0.5) is 0 Å². The van der Waals surface area contributed by atoms with E-state index in [1.807, 2.05) is 32.0 Å². The van der Waals surface area contributed by atoms with Crippen molar-refractivity contribution in [2.24, 2.45) is 0 Å². The number of aryl methyl sites for hydroxylation is 2. The lowest BCUT2D eigenvalue weighted by atomic mass is 10.1. The molecule has 0 unspecified atom stereocenters. The molecular weight excluding hydrogens is 460 g/mol. The lowest BCUT2D eigenvalue weighted by molar-refractivity contribution is 0.0467. The second-order valence-corrected chi connectivity index (χ2v) is 8.49. The number of aromatic nitrogens is 2. The maximum atomic E-state index is 12.5. The van der Waals surface area contributed by atoms with Gasteiger partial charge < -0.3 is 13.9 Å². The standard InChI is InChI=1S/C28H22N2O6/c1-17-3-10-25-29-21(12-26(31)30(25)14-17)16-35-28(33)20-6-4-19(5-7-20)15-34-22-8-9-23-18(2)11-27(32)36-24(23)13-22/h3-14H,15-16H2,1-2H3. The van der Waals surface area contributed by atoms with Gasteiger partial charge in [-0.15, -0.1) is 0 Å². The van der Waals surface area contributed by atoms with E-state index in [4.69, 9.17) is 13.9 Å². The minimum Gasteiger partial charge on any atom is -0.489 e. The predicted octanol–water partition coefficient (Wildman–Crippen LogP) is 4.35. The highest BCUT2D eigenvalue weighted by Crippen LogP contribution is 2.23. The van der Waals surface area contributed by atoms with Crippen molar-refractivity contribution in [1.29, 1.82) is 0 Å². The molecule has 0 amide bonds. The number of nitrogens with zero attached hydrogens (tertiary/aromatic N) is 2. The number of carbonyl (C=O) groups excluding carboxylic acids is 1. The molecule has 0 aliphatic heterocycles. The van der Waals surface area contributed by atoms with Crippen LogP contribution in [-0.2, 0) is 18.0 Å². The molecule has 8 heteroatoms. The summed E-state index contributed by atoms with van der Waals surface area (Å²) in [5, 5.41) is 0.851. The molecule has 0 radical (unpaired) electrons. The highest BCUT2D eigenvalue weighted by Gasteiger charge is 2.10. The third-order valence-electron chi connectivity index (χ3n) is 5.73. The molecule has 0 spiro atoms. The highest BCUT2D eigenvalue weighted by atomic mass is 16.5. The molecule has 2 aromatic carbocycles. The van der Waals surface area contributed by atoms with E-state index in [2.05, 4.69) is 4.98 Å². The Morgan fingerprint density at radius 2 is 1.75 bits per heavy atom. The van der Waals surface area contributed by atoms with Gasteiger partial charge in [-0.25, -0.2) is 14.6 Å². The Bertz CT molecular complexity index is 1720. The van der Waals surface area contributed by atoms with E-state index in [1.54, 1.807) is 42.6 Å². The average Bonchev–Trinajstić information content (AvgIpc) is 2.86. The van der Waals surface area contributed by atoms with Crippen LogP contribution in [-0.4, -0.2) is 15.4 Å². The van der Waals surface area contributed by atoms with Crippen molar-refractivity contribution in [2.75, 3.05) is 0 Å². The molecular formula is C28H22N2O6. The quantitative estimate of drug-likeness (QED) is 0.262. The van der Waals surface area contributed by atoms with Crippen molar-refractivity contribution >= 4 is 22.6 Å². The fourth-order valence-corrected chi connectivity index (χ4v) is 3.85. The Morgan fingerprint density at radius 3 is 2.56 bits per heavy atom. The van der Waals surface area contributed by atoms with Gasteiger partial charge in [-0.2, -0.15) is 0 Å². The van der Waals surface area contributed by atoms with Crippen molar-refractivity contribution in [3.05, 3.63) is 122 Å². The van der Waals surface area contributed by atoms with Gasteiger partial charge >= 0.3 is 11.6 Å². The summed E-state index contributed by atoms with van der Waals surface area (Å²) >= 11 is 0. The molecule has 0 fully saturated rings. The minimum atomic E-state index is -0.520. The summed E-state index contributed by atoms with van der Waals surface area (Å²) in [6.45, 7) is 3.90. The highest BCUT2D eigenvalue weighted by molar-refractivity contribution is 5.89. The second-order valence-electron chi connectivity index (χ2n) is 8.49. The molecule has 0 saturated carbocycles. The van der Waals surface area contributed by atoms with E-state index < -0.39 is 11.6 Å². The van der Waals surface area contributed by atoms with Crippen LogP contribution < -0.4 is 15.9 Å². The molecule has 0 aliphatic carbocycles. The van der Waals surface area contributed by atoms with Crippen LogP contribution in [0.15, 0.2) is 86.9 Å². The van der Waals surface area contributed by atoms with Gasteiger partial charge in [0.25, 0.3) is 5.56 Å². The first-order valence-corrected chi connectivity index (χ1v) is 11.3. The smallest absolute Gasteiger partial charge is 0.338 e. The van der Waals surface area contributed by atoms with Crippen LogP contribution in [0.2, 0.25) is 0 Å². The van der Waals surface area contributed by atoms with Crippen LogP contribution in [0.3, 0.4) is 0 Å². The zero-order chi connectivity index (χ0) is 25.2. The van der Waals surface area contributed by atoms with Gasteiger partial charge in [-0.05, 0) is 60.9 Å². The van der Waals surface area contributed by atoms with E-state index in [-0.39, 0.29) is 18.8 Å². The number of benzene rings is 2. The number of pyridine rings is 1. The SMILES string of the molecule is Cc1ccc2nc(COC(=O)c3ccc(COc4ccc5c(C)cc(=O)oc5c4)cc3)cc(=O)n2c1. The molecule has 36 heavy (non-hydrogen) atoms. The normalized spacial score (nSPS) is 11.1. The molecule has 3 heterocycles. The number of fused-ring (bicyclic) bond motifs is 2. The molecule has 3 aromatic heterocycles. The zero-order valence-electron chi connectivity index (χ0n) is 19.7. The zero-order valence-corrected chi connectivity index (χ0v) is 19.7. The topological polar surface area (TPSA) is 100 Å². The molecule has 5 aromatic rings. The van der Waals surface area contributed by atoms with Crippen LogP contribution in [0.25, 0.3) is 16.6 Å². The Balaban J connectivity index is 1.21. The van der Waals surface area contributed by atoms with Crippen molar-refractivity contribution in [1.82, 2.24) is 9.38 Å². The fourth-order valence-electron chi connectivity index (χ4n) is 3.85. The molecule has 0 atom stereocenters. The predicted molar refractivity (Wildman–Crippen MR) is 133 cm³/mol. The van der Waals surface area contributed by atoms with Crippen molar-refractivity contribution in [3.8, 4) is 5.75 Å². The van der Waals surface area contributed by atoms with Crippen molar-refractivity contribution < 1.29 is 18.7 Å². The molecule has 0 aliphatic rings. The van der Waals surface area contributed by atoms with Crippen molar-refractivity contribution in [2.45, 2.75) is 27.1 Å². The largest absolute Gasteiger partial charge is 0.489 e. The number of rotatable bonds is 6. The maximum Gasteiger partial charge on any atom is 0.338 e. The summed E-state index contributed by atoms with van der Waals surface area (Å²) in [7, 11) is 0. The summed E-state index contributed by atoms with van der Waals surface area (Å²) in [5.41, 5.74) is 3.70. The molecule has 180 valence electrons. The summed E-state index contributed by atoms with van der Waals surface area (Å²) in [6.07, 6.45) is 1.71. The van der Waals surface area contributed by atoms with E-state index in [9.17, 15) is 14.4 Å². The lowest BCUT2D eigenvalue weighted by Crippen LogP contribution is -2.17. The third-order valence-corrected chi connectivity index (χ3v) is 5.73. The Hall–Kier alpha value is -4.72. The summed E-state index contributed by atoms with van der Waals surface area (Å²) < 4.78 is 17.9. The number of hydrogen-bond acceptors (Lipinski definition) is 7. The Kier molecular flexibility index (Phi) is 6.08. The summed E-state index contributed by atoms with van der Waals surface area (Å²) in [5.74, 6) is 0.0435. The molecule has 0 N–H and O–H groups in total. The first kappa shape index (κ1) is 23.0. The van der Waals surface area contributed by atoms with Crippen LogP contribution >= 0.6 is 0 Å². The van der Waals surface area contributed by atoms with Gasteiger partial charge in [0.1, 0.15) is 30.2 Å². The first-order valence-electron chi connectivity index (χ1n) is 11.3. The van der Waals surface area contributed by atoms with Gasteiger partial charge in [-0.1, -0.05) is 18.2 Å². The van der Waals surface area contributed by atoms with E-state index in [0.29, 0.717) is 28.2 Å². The molecule has 5 rings (SSSR count). The van der Waals surface area contributed by atoms with Crippen LogP contribution in [0, 0.1) is 13.8 Å². The number of ether oxygens (including phenoxy) is 2. The van der Waals surface area contributed by atoms with Gasteiger partial charge in [0, 0.05) is 29.8 Å². The van der Waals surface area contributed by atoms with Crippen molar-refractivity contribution in [3.63, 3.8) is 0 Å². The minimum absolute atomic E-state index is 0.110. The average molecular weight is 482 g/mol. The van der Waals surface area contributed by atoms with Gasteiger partial charge in [0.2, 0.25) is 0 Å². The molecule has 0 saturated heterocycles. The van der Waals surface area contributed by atoms with Gasteiger partial charge in [0.15, 0.2) is 0 Å². The Labute approximate surface area is 205 Å². The summed E-state index contributed by atoms with van der Waals surface area (Å²) in [4.78, 5) is 40.8. The number of carbonyl (C=O) groups is 1. The maximum absolute atomic E-state index is 12.5. The first-order chi connectivity index (χ1) is 17.4. The molecule has 0 bridgehead atoms. The Morgan fingerprint density at radius 1 is 0.944 bits per heavy atom. The number of esters is 1. The van der Waals surface area contributed by atoms with Gasteiger partial charge in [-0.3, -0.25) is 9.20 Å². The van der Waals surface area contributed by atoms with Gasteiger partial charge in [0.05, 0.1) is 11.3 Å². The van der Waals surface area contributed by atoms with Crippen LogP contribution in [0.5, 0.6) is 5.75 Å². The van der Waals surface area contributed by atoms with E-state index >= 15 is 0 Å². The second kappa shape index (κ2) is 9.50. The monoisotopic (exact) mass is 482 g/mol. The van der Waals surface area contributed by atoms with Crippen LogP contribution in [0.1, 0.15) is 32.7 Å². The fraction of sp³-hybridized carbons (Fsp3) is 0.143. The summed E-state index contributed by atoms with van der Waals surface area (Å²) in [6, 6.07) is 18.6. The lowest BCUT2D eigenvalue weighted by Gasteiger charge is -2.09.